The molecule has 15 rings (SSSR count). The molecule has 2 aliphatic rings. The second-order valence-electron chi connectivity index (χ2n) is 20.2. The fourth-order valence-electron chi connectivity index (χ4n) is 11.7. The predicted molar refractivity (Wildman–Crippen MR) is 325 cm³/mol. The zero-order chi connectivity index (χ0) is 52.2. The van der Waals surface area contributed by atoms with Crippen molar-refractivity contribution in [2.24, 2.45) is 4.99 Å². The molecular formula is C72H49N7. The highest BCUT2D eigenvalue weighted by Gasteiger charge is 2.26. The van der Waals surface area contributed by atoms with E-state index in [1.54, 1.807) is 0 Å². The van der Waals surface area contributed by atoms with Crippen LogP contribution in [0.4, 0.5) is 5.69 Å². The molecule has 1 unspecified atom stereocenters. The maximum absolute atomic E-state index is 5.19. The summed E-state index contributed by atoms with van der Waals surface area (Å²) in [7, 11) is 0. The molecule has 1 aliphatic heterocycles. The van der Waals surface area contributed by atoms with Gasteiger partial charge in [0.05, 0.1) is 33.5 Å². The van der Waals surface area contributed by atoms with Crippen LogP contribution in [0.2, 0.25) is 0 Å². The second kappa shape index (κ2) is 19.3. The summed E-state index contributed by atoms with van der Waals surface area (Å²) in [5, 5.41) is 12.5. The zero-order valence-corrected chi connectivity index (χ0v) is 43.0. The van der Waals surface area contributed by atoms with Crippen LogP contribution in [0.15, 0.2) is 278 Å². The van der Waals surface area contributed by atoms with Crippen molar-refractivity contribution in [3.63, 3.8) is 0 Å². The van der Waals surface area contributed by atoms with E-state index in [0.717, 1.165) is 113 Å². The van der Waals surface area contributed by atoms with Gasteiger partial charge in [0.15, 0.2) is 5.82 Å². The van der Waals surface area contributed by atoms with Gasteiger partial charge in [-0.1, -0.05) is 194 Å². The van der Waals surface area contributed by atoms with Crippen LogP contribution in [-0.4, -0.2) is 34.6 Å². The van der Waals surface area contributed by atoms with Crippen molar-refractivity contribution >= 4 is 61.5 Å². The van der Waals surface area contributed by atoms with Crippen molar-refractivity contribution < 1.29 is 0 Å². The number of aliphatic imine (C=N–C) groups is 1. The Morgan fingerprint density at radius 2 is 1.01 bits per heavy atom. The normalized spacial score (nSPS) is 14.5. The number of hydrogen-bond donors (Lipinski definition) is 0. The molecule has 3 aromatic heterocycles. The number of hydrogen-bond acceptors (Lipinski definition) is 4. The molecule has 0 radical (unpaired) electrons. The van der Waals surface area contributed by atoms with Crippen molar-refractivity contribution in [3.8, 4) is 51.0 Å². The number of allylic oxidation sites excluding steroid dienone is 5. The van der Waals surface area contributed by atoms with Gasteiger partial charge in [0.1, 0.15) is 11.6 Å². The Balaban J connectivity index is 0.776. The van der Waals surface area contributed by atoms with Crippen molar-refractivity contribution in [2.45, 2.75) is 12.3 Å². The Morgan fingerprint density at radius 1 is 0.418 bits per heavy atom. The first kappa shape index (κ1) is 45.9. The Morgan fingerprint density at radius 3 is 1.76 bits per heavy atom. The molecular weight excluding hydrogens is 963 g/mol. The van der Waals surface area contributed by atoms with Gasteiger partial charge in [-0.3, -0.25) is 9.13 Å². The van der Waals surface area contributed by atoms with Gasteiger partial charge in [-0.2, -0.15) is 0 Å². The van der Waals surface area contributed by atoms with E-state index in [2.05, 4.69) is 281 Å². The first-order chi connectivity index (χ1) is 39.2. The molecule has 0 amide bonds. The third-order valence-corrected chi connectivity index (χ3v) is 15.5. The van der Waals surface area contributed by atoms with E-state index >= 15 is 0 Å². The molecule has 1 atom stereocenters. The number of fused-ring (bicyclic) bond motifs is 5. The minimum atomic E-state index is -0.0265. The summed E-state index contributed by atoms with van der Waals surface area (Å²) < 4.78 is 6.86. The number of imidazole rings is 1. The van der Waals surface area contributed by atoms with Gasteiger partial charge in [-0.15, -0.1) is 10.2 Å². The van der Waals surface area contributed by atoms with Gasteiger partial charge in [0.2, 0.25) is 0 Å². The van der Waals surface area contributed by atoms with Crippen LogP contribution >= 0.6 is 0 Å². The lowest BCUT2D eigenvalue weighted by molar-refractivity contribution is 0.747. The second-order valence-corrected chi connectivity index (χ2v) is 20.2. The van der Waals surface area contributed by atoms with Crippen LogP contribution in [0.1, 0.15) is 40.4 Å². The predicted octanol–water partition coefficient (Wildman–Crippen LogP) is 17.5. The molecule has 10 aromatic carbocycles. The van der Waals surface area contributed by atoms with Crippen molar-refractivity contribution in [3.05, 3.63) is 301 Å². The van der Waals surface area contributed by atoms with E-state index < -0.39 is 0 Å². The van der Waals surface area contributed by atoms with E-state index in [1.165, 1.54) is 27.4 Å². The quantitative estimate of drug-likeness (QED) is 0.137. The van der Waals surface area contributed by atoms with Crippen LogP contribution in [0, 0.1) is 0 Å². The third kappa shape index (κ3) is 8.15. The lowest BCUT2D eigenvalue weighted by Gasteiger charge is -2.19. The summed E-state index contributed by atoms with van der Waals surface area (Å²) in [6, 6.07) is 90.1. The third-order valence-electron chi connectivity index (χ3n) is 15.5. The highest BCUT2D eigenvalue weighted by Crippen LogP contribution is 2.41. The average molecular weight is 1010 g/mol. The van der Waals surface area contributed by atoms with Gasteiger partial charge < -0.3 is 4.57 Å². The molecule has 0 N–H and O–H groups in total. The summed E-state index contributed by atoms with van der Waals surface area (Å²) in [4.78, 5) is 10.4. The van der Waals surface area contributed by atoms with Crippen LogP contribution in [0.5, 0.6) is 0 Å². The first-order valence-electron chi connectivity index (χ1n) is 26.9. The molecule has 0 bridgehead atoms. The lowest BCUT2D eigenvalue weighted by atomic mass is 9.90. The molecule has 7 heteroatoms. The van der Waals surface area contributed by atoms with Crippen molar-refractivity contribution in [1.82, 2.24) is 28.9 Å². The number of para-hydroxylation sites is 6. The molecule has 0 fully saturated rings. The van der Waals surface area contributed by atoms with Gasteiger partial charge in [-0.05, 0) is 119 Å². The highest BCUT2D eigenvalue weighted by molar-refractivity contribution is 6.39. The fraction of sp³-hybridized carbons (Fsp3) is 0.0278. The zero-order valence-electron chi connectivity index (χ0n) is 43.0. The number of benzene rings is 10. The van der Waals surface area contributed by atoms with E-state index in [-0.39, 0.29) is 5.92 Å². The molecule has 7 nitrogen and oxygen atoms in total. The molecule has 0 spiro atoms. The van der Waals surface area contributed by atoms with E-state index in [9.17, 15) is 0 Å². The molecule has 79 heavy (non-hydrogen) atoms. The smallest absolute Gasteiger partial charge is 0.168 e. The molecule has 13 aromatic rings. The maximum Gasteiger partial charge on any atom is 0.168 e. The maximum atomic E-state index is 5.19. The summed E-state index contributed by atoms with van der Waals surface area (Å²) in [6.45, 7) is 0. The summed E-state index contributed by atoms with van der Waals surface area (Å²) in [6.07, 6.45) is 9.90. The minimum Gasteiger partial charge on any atom is -0.309 e. The Labute approximate surface area is 457 Å². The van der Waals surface area contributed by atoms with Crippen molar-refractivity contribution in [2.75, 3.05) is 0 Å². The minimum absolute atomic E-state index is 0.0265. The molecule has 4 heterocycles. The van der Waals surface area contributed by atoms with Crippen molar-refractivity contribution in [1.29, 1.82) is 0 Å². The number of aromatic nitrogens is 6. The lowest BCUT2D eigenvalue weighted by Crippen LogP contribution is -2.09. The highest BCUT2D eigenvalue weighted by atomic mass is 15.3. The molecule has 1 aliphatic carbocycles. The topological polar surface area (TPSA) is 65.8 Å². The first-order valence-corrected chi connectivity index (χ1v) is 26.9. The van der Waals surface area contributed by atoms with Crippen LogP contribution in [0.3, 0.4) is 0 Å². The molecule has 0 saturated carbocycles. The van der Waals surface area contributed by atoms with Gasteiger partial charge in [-0.25, -0.2) is 9.98 Å². The standard InChI is InChI=1S/C72H49N7/c1-3-17-48(18-4-1)45-63-60-25-7-10-28-64(60)73-69(63)55-21-15-19-53(46-55)49-33-37-51(38-34-49)71-75-76-72(79(71)59-43-41-58(42-44-59)77-66-30-12-8-26-61(66)62-27-9-13-31-67(62)77)52-39-35-50(36-40-52)54-20-16-22-56(47-54)70-74-65-29-11-14-32-68(65)78(70)57-23-5-2-6-24-57/h1-37,39-47,51H,38H2/b63-45-. The summed E-state index contributed by atoms with van der Waals surface area (Å²) >= 11 is 0. The van der Waals surface area contributed by atoms with Crippen LogP contribution in [0.25, 0.3) is 101 Å². The van der Waals surface area contributed by atoms with Gasteiger partial charge in [0, 0.05) is 61.6 Å². The Bertz CT molecular complexity index is 4550. The Kier molecular flexibility index (Phi) is 11.2. The summed E-state index contributed by atoms with van der Waals surface area (Å²) in [5.74, 6) is 2.54. The van der Waals surface area contributed by atoms with Crippen LogP contribution < -0.4 is 0 Å². The fourth-order valence-corrected chi connectivity index (χ4v) is 11.7. The van der Waals surface area contributed by atoms with E-state index in [4.69, 9.17) is 20.2 Å². The van der Waals surface area contributed by atoms with Gasteiger partial charge >= 0.3 is 0 Å². The van der Waals surface area contributed by atoms with Gasteiger partial charge in [0.25, 0.3) is 0 Å². The monoisotopic (exact) mass is 1010 g/mol. The largest absolute Gasteiger partial charge is 0.309 e. The average Bonchev–Trinajstić information content (AvgIpc) is 4.39. The number of nitrogens with zero attached hydrogens (tertiary/aromatic N) is 7. The molecule has 0 saturated heterocycles. The number of rotatable bonds is 10. The molecule has 372 valence electrons. The van der Waals surface area contributed by atoms with E-state index in [1.807, 2.05) is 12.1 Å². The van der Waals surface area contributed by atoms with E-state index in [0.29, 0.717) is 0 Å². The SMILES string of the molecule is C1=CC(c2nnc(-c3ccc(-c4cccc(-c5nc6ccccc6n5-c5ccccc5)c4)cc3)n2-c2ccc(-n3c4ccccc4c4ccccc43)cc2)CC=C1c1cccc(C2=Nc3ccccc3/C2=C/c2ccccc2)c1. The summed E-state index contributed by atoms with van der Waals surface area (Å²) in [5.41, 5.74) is 20.6. The van der Waals surface area contributed by atoms with Crippen LogP contribution in [-0.2, 0) is 0 Å². The Hall–Kier alpha value is -10.5.